The first kappa shape index (κ1) is 103. The molecule has 10 fully saturated rings. The van der Waals surface area contributed by atoms with Gasteiger partial charge < -0.3 is 249 Å². The normalized spacial score (nSPS) is 48.7. The van der Waals surface area contributed by atoms with Gasteiger partial charge in [-0.15, -0.1) is 0 Å². The van der Waals surface area contributed by atoms with Crippen LogP contribution in [0.3, 0.4) is 0 Å². The molecule has 722 valence electrons. The number of ether oxygens (including phenoxy) is 19. The highest BCUT2D eigenvalue weighted by Crippen LogP contribution is 2.41. The molecule has 0 radical (unpaired) electrons. The summed E-state index contributed by atoms with van der Waals surface area (Å²) in [4.78, 5) is 64.2. The van der Waals surface area contributed by atoms with Crippen molar-refractivity contribution < 1.29 is 247 Å². The molecule has 10 aliphatic rings. The van der Waals surface area contributed by atoms with E-state index in [1.807, 2.05) is 0 Å². The van der Waals surface area contributed by atoms with Crippen LogP contribution in [0.15, 0.2) is 0 Å². The Balaban J connectivity index is 0.989. The van der Waals surface area contributed by atoms with Gasteiger partial charge in [-0.2, -0.15) is 0 Å². The number of hydrogen-bond donors (Lipinski definition) is 31. The van der Waals surface area contributed by atoms with Crippen LogP contribution in [0.25, 0.3) is 0 Å². The zero-order valence-electron chi connectivity index (χ0n) is 67.7. The fourth-order valence-electron chi connectivity index (χ4n) is 16.2. The molecule has 0 aromatic rings. The van der Waals surface area contributed by atoms with Crippen LogP contribution >= 0.6 is 0 Å². The minimum atomic E-state index is -2.63. The molecule has 55 nitrogen and oxygen atoms in total. The van der Waals surface area contributed by atoms with Crippen molar-refractivity contribution in [2.24, 2.45) is 0 Å². The van der Waals surface area contributed by atoms with Gasteiger partial charge in [-0.1, -0.05) is 0 Å². The third-order valence-electron chi connectivity index (χ3n) is 22.8. The van der Waals surface area contributed by atoms with Crippen molar-refractivity contribution in [1.29, 1.82) is 0 Å². The molecule has 55 heteroatoms. The second-order valence-electron chi connectivity index (χ2n) is 31.7. The Kier molecular flexibility index (Phi) is 36.8. The second-order valence-corrected chi connectivity index (χ2v) is 31.7. The number of nitrogens with one attached hydrogen (secondary N) is 5. The summed E-state index contributed by atoms with van der Waals surface area (Å²) in [7, 11) is 0. The van der Waals surface area contributed by atoms with Gasteiger partial charge in [0.15, 0.2) is 62.9 Å². The second kappa shape index (κ2) is 44.9. The summed E-state index contributed by atoms with van der Waals surface area (Å²) in [6.45, 7) is -3.86. The molecular weight excluding hydrogens is 1710 g/mol. The van der Waals surface area contributed by atoms with Gasteiger partial charge in [0.05, 0.1) is 65.6 Å². The van der Waals surface area contributed by atoms with Crippen LogP contribution in [0, 0.1) is 0 Å². The van der Waals surface area contributed by atoms with Gasteiger partial charge in [0.25, 0.3) is 0 Å². The third-order valence-corrected chi connectivity index (χ3v) is 22.8. The molecule has 10 rings (SSSR count). The van der Waals surface area contributed by atoms with E-state index in [4.69, 9.17) is 90.0 Å². The van der Waals surface area contributed by atoms with E-state index in [9.17, 15) is 157 Å². The molecule has 1 unspecified atom stereocenters. The van der Waals surface area contributed by atoms with Gasteiger partial charge in [0.2, 0.25) is 29.5 Å². The highest BCUT2D eigenvalue weighted by atomic mass is 16.8. The van der Waals surface area contributed by atoms with Crippen molar-refractivity contribution >= 4 is 29.5 Å². The van der Waals surface area contributed by atoms with Gasteiger partial charge in [-0.05, 0) is 6.92 Å². The van der Waals surface area contributed by atoms with Crippen LogP contribution in [0.4, 0.5) is 0 Å². The lowest BCUT2D eigenvalue weighted by molar-refractivity contribution is -0.398. The Labute approximate surface area is 708 Å². The maximum atomic E-state index is 13.3. The Bertz CT molecular complexity index is 3420. The van der Waals surface area contributed by atoms with Crippen molar-refractivity contribution in [1.82, 2.24) is 26.6 Å². The molecule has 0 aromatic heterocycles. The first-order valence-corrected chi connectivity index (χ1v) is 40.0. The van der Waals surface area contributed by atoms with Crippen LogP contribution in [-0.2, 0) is 114 Å². The van der Waals surface area contributed by atoms with E-state index in [0.29, 0.717) is 0 Å². The number of aliphatic hydroxyl groups is 26. The number of rotatable bonds is 32. The molecule has 10 saturated heterocycles. The van der Waals surface area contributed by atoms with Crippen molar-refractivity contribution in [2.45, 2.75) is 348 Å². The molecule has 0 bridgehead atoms. The maximum absolute atomic E-state index is 13.3. The largest absolute Gasteiger partial charge is 0.394 e. The molecular formula is C70H117N5O50. The van der Waals surface area contributed by atoms with E-state index in [1.165, 1.54) is 6.92 Å². The minimum Gasteiger partial charge on any atom is -0.394 e. The van der Waals surface area contributed by atoms with Gasteiger partial charge in [-0.25, -0.2) is 0 Å². The highest BCUT2D eigenvalue weighted by molar-refractivity contribution is 5.75. The topological polar surface area (TPSA) is 847 Å². The number of hydrogen-bond acceptors (Lipinski definition) is 50. The maximum Gasteiger partial charge on any atom is 0.217 e. The smallest absolute Gasteiger partial charge is 0.217 e. The van der Waals surface area contributed by atoms with E-state index in [-0.39, 0.29) is 0 Å². The van der Waals surface area contributed by atoms with Gasteiger partial charge in [0, 0.05) is 34.6 Å². The molecule has 125 heavy (non-hydrogen) atoms. The van der Waals surface area contributed by atoms with Crippen LogP contribution < -0.4 is 26.6 Å². The average molecular weight is 1830 g/mol. The lowest BCUT2D eigenvalue weighted by atomic mass is 9.93. The first-order chi connectivity index (χ1) is 59.1. The zero-order valence-corrected chi connectivity index (χ0v) is 67.7. The highest BCUT2D eigenvalue weighted by Gasteiger charge is 2.62. The molecule has 10 heterocycles. The Morgan fingerprint density at radius 3 is 0.912 bits per heavy atom. The third kappa shape index (κ3) is 23.1. The Morgan fingerprint density at radius 1 is 0.224 bits per heavy atom. The fourth-order valence-corrected chi connectivity index (χ4v) is 16.2. The van der Waals surface area contributed by atoms with E-state index < -0.39 is 396 Å². The summed E-state index contributed by atoms with van der Waals surface area (Å²) in [6, 6.07) is -9.40. The fraction of sp³-hybridized carbons (Fsp3) is 0.929. The summed E-state index contributed by atoms with van der Waals surface area (Å²) < 4.78 is 114. The average Bonchev–Trinajstić information content (AvgIpc) is 0.754. The molecule has 0 aromatic carbocycles. The van der Waals surface area contributed by atoms with Crippen molar-refractivity contribution in [2.75, 3.05) is 59.5 Å². The van der Waals surface area contributed by atoms with Crippen LogP contribution in [-0.4, -0.2) is 529 Å². The lowest BCUT2D eigenvalue weighted by Gasteiger charge is -2.51. The van der Waals surface area contributed by atoms with E-state index in [0.717, 1.165) is 34.6 Å². The monoisotopic (exact) mass is 1830 g/mol. The molecule has 0 saturated carbocycles. The minimum absolute atomic E-state index is 0.822. The van der Waals surface area contributed by atoms with E-state index in [1.54, 1.807) is 0 Å². The summed E-state index contributed by atoms with van der Waals surface area (Å²) >= 11 is 0. The van der Waals surface area contributed by atoms with Crippen LogP contribution in [0.1, 0.15) is 41.5 Å². The Hall–Kier alpha value is -4.45. The van der Waals surface area contributed by atoms with E-state index in [2.05, 4.69) is 26.6 Å². The van der Waals surface area contributed by atoms with Gasteiger partial charge >= 0.3 is 0 Å². The summed E-state index contributed by atoms with van der Waals surface area (Å²) in [5.41, 5.74) is 0. The summed E-state index contributed by atoms with van der Waals surface area (Å²) in [5, 5.41) is 304. The molecule has 5 amide bonds. The van der Waals surface area contributed by atoms with Gasteiger partial charge in [-0.3, -0.25) is 24.0 Å². The predicted octanol–water partition coefficient (Wildman–Crippen LogP) is -21.1. The molecule has 31 N–H and O–H groups in total. The zero-order chi connectivity index (χ0) is 92.1. The van der Waals surface area contributed by atoms with Crippen molar-refractivity contribution in [3.63, 3.8) is 0 Å². The number of carbonyl (C=O) groups excluding carboxylic acids is 5. The van der Waals surface area contributed by atoms with Gasteiger partial charge in [0.1, 0.15) is 238 Å². The van der Waals surface area contributed by atoms with E-state index >= 15 is 0 Å². The number of carbonyl (C=O) groups is 5. The molecule has 50 atom stereocenters. The van der Waals surface area contributed by atoms with Crippen LogP contribution in [0.5, 0.6) is 0 Å². The summed E-state index contributed by atoms with van der Waals surface area (Å²) in [6.07, 6.45) is -93.1. The van der Waals surface area contributed by atoms with Crippen molar-refractivity contribution in [3.8, 4) is 0 Å². The Morgan fingerprint density at radius 2 is 0.496 bits per heavy atom. The summed E-state index contributed by atoms with van der Waals surface area (Å²) in [5.74, 6) is -4.59. The number of amides is 5. The first-order valence-electron chi connectivity index (χ1n) is 40.0. The standard InChI is InChI=1S/C70H117N5O50/c1-16-36(88)47(99)51(103)66(109-16)107-15-30-57(43(95)31(61(106)110-30)71-17(2)83)120-63-33(73-19(4)85)45(97)56(28(13-82)115-63)122-68-53(105)58(123-70-60(50(102)40(92)25(10-79)114-70)125-65-34(74-20(5)86)44(96)54(26(11-80)116-65)119-62-32(72-18(3)84)42(94)37(89)22(7-76)111-62)41(93)29(118-68)14-108-69-59(49(101)39(91)24(9-78)113-69)124-64-35(75-21(6)87)46(98)55(27(12-81)117-64)121-67-52(104)48(100)38(90)23(8-77)112-67/h16,22-70,76-82,88-106H,7-15H2,1-6H3,(H,71,83)(H,72,84)(H,73,85)(H,74,86)(H,75,87)/t16-,22+,23+,24+,25+,26+,27+,28+,29+,30+,31+,32+,33+,34+,35+,36+,37-,38-,39+,40+,41+,42+,43+,44+,45+,46+,47+,48-,49-,50-,51-,52+,53-,54+,55-,56+,57+,58-,59-,60-,61?,62-,63-,64-,65-,66+,67-,68-,69-,70+/m0/s1. The van der Waals surface area contributed by atoms with Crippen molar-refractivity contribution in [3.05, 3.63) is 0 Å². The quantitative estimate of drug-likeness (QED) is 0.0297. The predicted molar refractivity (Wildman–Crippen MR) is 386 cm³/mol. The molecule has 10 aliphatic heterocycles. The molecule has 0 spiro atoms. The SMILES string of the molecule is CC(=O)N[C@H]1[C@H](O[C@@H]2[C@@H](OC[C@H]3O[C@@H](O[C@H]4[C@H](O)[C@@H](NC(C)=O)[C@H](O[C@H]5[C@H](O)[C@@H](NC(C)=O)C(O)O[C@@H]5CO[C@@H]5O[C@@H](C)[C@@H](O)[C@@H](O)[C@@H]5O)O[C@@H]4CO)[C@@H](O)[C@@H](O[C@H]4O[C@H](CO)[C@@H](O)[C@H](O)[C@@H]4O[C@@H]4O[C@H](CO)[C@@H](O[C@@H]5O[C@H](CO)[C@H](O)[C@H](O)[C@H]5NC(C)=O)[C@H](O)[C@H]4NC(C)=O)[C@@H]3O)O[C@H](CO)[C@@H](O)[C@@H]2O)O[C@H](CO)[C@H](O[C@@H]2O[C@H](CO)[C@H](O)[C@H](O)[C@H]2O)[C@@H]1O. The van der Waals surface area contributed by atoms with Crippen LogP contribution in [0.2, 0.25) is 0 Å². The number of aliphatic hydroxyl groups excluding tert-OH is 26. The lowest BCUT2D eigenvalue weighted by Crippen LogP contribution is -2.71. The molecule has 0 aliphatic carbocycles.